The van der Waals surface area contributed by atoms with Crippen molar-refractivity contribution in [3.63, 3.8) is 0 Å². The third-order valence-electron chi connectivity index (χ3n) is 3.81. The fraction of sp³-hybridized carbons (Fsp3) is 0.294. The van der Waals surface area contributed by atoms with E-state index in [4.69, 9.17) is 4.42 Å². The Labute approximate surface area is 157 Å². The van der Waals surface area contributed by atoms with Gasteiger partial charge < -0.3 is 20.2 Å². The van der Waals surface area contributed by atoms with Crippen LogP contribution in [0.1, 0.15) is 30.1 Å². The number of fused-ring (bicyclic) bond motifs is 1. The summed E-state index contributed by atoms with van der Waals surface area (Å²) in [5, 5.41) is 24.9. The van der Waals surface area contributed by atoms with Gasteiger partial charge >= 0.3 is 11.6 Å². The Bertz CT molecular complexity index is 998. The zero-order valence-electron chi connectivity index (χ0n) is 14.8. The van der Waals surface area contributed by atoms with Gasteiger partial charge in [0.1, 0.15) is 17.2 Å². The van der Waals surface area contributed by atoms with E-state index in [0.29, 0.717) is 6.54 Å². The molecule has 0 aliphatic carbocycles. The van der Waals surface area contributed by atoms with Gasteiger partial charge in [0.25, 0.3) is 11.6 Å². The van der Waals surface area contributed by atoms with Crippen LogP contribution in [0.4, 0.5) is 5.69 Å². The maximum atomic E-state index is 12.3. The molecule has 1 atom stereocenters. The lowest BCUT2D eigenvalue weighted by Gasteiger charge is -2.14. The Balaban J connectivity index is 2.25. The third-order valence-corrected chi connectivity index (χ3v) is 3.81. The van der Waals surface area contributed by atoms with Crippen molar-refractivity contribution in [2.24, 2.45) is 0 Å². The number of carboxylic acids is 1. The summed E-state index contributed by atoms with van der Waals surface area (Å²) in [5.74, 6) is -2.77. The van der Waals surface area contributed by atoms with E-state index >= 15 is 0 Å². The molecule has 1 heterocycles. The summed E-state index contributed by atoms with van der Waals surface area (Å²) in [7, 11) is 0. The number of nitro groups is 1. The minimum atomic E-state index is -1.41. The van der Waals surface area contributed by atoms with Crippen LogP contribution in [0.25, 0.3) is 11.0 Å². The van der Waals surface area contributed by atoms with Crippen molar-refractivity contribution >= 4 is 34.4 Å². The molecule has 0 saturated heterocycles. The summed E-state index contributed by atoms with van der Waals surface area (Å²) in [6.07, 6.45) is -0.319. The number of carbonyl (C=O) groups is 3. The van der Waals surface area contributed by atoms with E-state index in [9.17, 15) is 34.4 Å². The normalized spacial score (nSPS) is 11.6. The Kier molecular flexibility index (Phi) is 6.42. The molecule has 2 aromatic rings. The van der Waals surface area contributed by atoms with Crippen molar-refractivity contribution in [3.05, 3.63) is 50.4 Å². The van der Waals surface area contributed by atoms with Crippen LogP contribution in [-0.2, 0) is 9.59 Å². The molecule has 3 N–H and O–H groups in total. The Hall–Kier alpha value is -3.76. The number of nitrogens with one attached hydrogen (secondary N) is 2. The lowest BCUT2D eigenvalue weighted by atomic mass is 10.1. The Morgan fingerprint density at radius 3 is 2.61 bits per heavy atom. The second-order valence-electron chi connectivity index (χ2n) is 5.78. The summed E-state index contributed by atoms with van der Waals surface area (Å²) >= 11 is 0. The summed E-state index contributed by atoms with van der Waals surface area (Å²) in [6, 6.07) is 3.18. The summed E-state index contributed by atoms with van der Waals surface area (Å²) in [4.78, 5) is 57.4. The van der Waals surface area contributed by atoms with Gasteiger partial charge in [0, 0.05) is 30.5 Å². The van der Waals surface area contributed by atoms with Crippen LogP contribution >= 0.6 is 0 Å². The molecule has 0 bridgehead atoms. The number of non-ortho nitro benzene ring substituents is 1. The molecule has 0 saturated carbocycles. The first-order valence-electron chi connectivity index (χ1n) is 8.25. The van der Waals surface area contributed by atoms with Gasteiger partial charge in [-0.3, -0.25) is 19.7 Å². The molecule has 0 spiro atoms. The van der Waals surface area contributed by atoms with Gasteiger partial charge in [-0.25, -0.2) is 9.59 Å². The number of amides is 2. The molecule has 11 heteroatoms. The van der Waals surface area contributed by atoms with E-state index in [1.807, 2.05) is 0 Å². The van der Waals surface area contributed by atoms with Crippen LogP contribution in [0.3, 0.4) is 0 Å². The van der Waals surface area contributed by atoms with Gasteiger partial charge in [-0.1, -0.05) is 0 Å². The van der Waals surface area contributed by atoms with Crippen molar-refractivity contribution in [3.8, 4) is 0 Å². The SMILES string of the molecule is CCNC(=O)CCC(NC(=O)c1cc2cc([N+](=O)[O-])ccc2oc1=O)C(=O)O. The molecule has 1 aromatic carbocycles. The van der Waals surface area contributed by atoms with E-state index in [-0.39, 0.29) is 35.4 Å². The molecule has 28 heavy (non-hydrogen) atoms. The van der Waals surface area contributed by atoms with Gasteiger partial charge in [-0.15, -0.1) is 0 Å². The highest BCUT2D eigenvalue weighted by Crippen LogP contribution is 2.20. The van der Waals surface area contributed by atoms with Gasteiger partial charge in [0.15, 0.2) is 0 Å². The molecular formula is C17H17N3O8. The molecule has 1 unspecified atom stereocenters. The van der Waals surface area contributed by atoms with Crippen molar-refractivity contribution in [2.45, 2.75) is 25.8 Å². The van der Waals surface area contributed by atoms with Crippen molar-refractivity contribution in [1.82, 2.24) is 10.6 Å². The molecule has 2 rings (SSSR count). The highest BCUT2D eigenvalue weighted by Gasteiger charge is 2.24. The number of carboxylic acid groups (broad SMARTS) is 1. The first-order chi connectivity index (χ1) is 13.2. The molecule has 0 fully saturated rings. The number of hydrogen-bond donors (Lipinski definition) is 3. The van der Waals surface area contributed by atoms with E-state index < -0.39 is 34.0 Å². The van der Waals surface area contributed by atoms with E-state index in [1.54, 1.807) is 6.92 Å². The number of nitro benzene ring substituents is 1. The Morgan fingerprint density at radius 2 is 2.00 bits per heavy atom. The van der Waals surface area contributed by atoms with Crippen molar-refractivity contribution in [2.75, 3.05) is 6.54 Å². The zero-order chi connectivity index (χ0) is 20.8. The smallest absolute Gasteiger partial charge is 0.349 e. The number of rotatable bonds is 8. The predicted molar refractivity (Wildman–Crippen MR) is 95.9 cm³/mol. The molecule has 148 valence electrons. The number of nitrogens with zero attached hydrogens (tertiary/aromatic N) is 1. The van der Waals surface area contributed by atoms with Crippen LogP contribution in [0.5, 0.6) is 0 Å². The monoisotopic (exact) mass is 391 g/mol. The average Bonchev–Trinajstić information content (AvgIpc) is 2.63. The second-order valence-corrected chi connectivity index (χ2v) is 5.78. The fourth-order valence-corrected chi connectivity index (χ4v) is 2.44. The highest BCUT2D eigenvalue weighted by atomic mass is 16.6. The molecule has 0 aliphatic rings. The quantitative estimate of drug-likeness (QED) is 0.337. The van der Waals surface area contributed by atoms with E-state index in [0.717, 1.165) is 18.2 Å². The van der Waals surface area contributed by atoms with Gasteiger partial charge in [0.2, 0.25) is 5.91 Å². The van der Waals surface area contributed by atoms with Crippen LogP contribution in [0, 0.1) is 10.1 Å². The second kappa shape index (κ2) is 8.75. The lowest BCUT2D eigenvalue weighted by molar-refractivity contribution is -0.384. The van der Waals surface area contributed by atoms with Crippen molar-refractivity contribution < 1.29 is 28.8 Å². The molecule has 2 amide bonds. The highest BCUT2D eigenvalue weighted by molar-refractivity contribution is 5.98. The molecule has 1 aromatic heterocycles. The van der Waals surface area contributed by atoms with Crippen LogP contribution in [0.15, 0.2) is 33.5 Å². The minimum absolute atomic E-state index is 0.0400. The van der Waals surface area contributed by atoms with Crippen LogP contribution in [-0.4, -0.2) is 40.4 Å². The molecule has 0 radical (unpaired) electrons. The summed E-state index contributed by atoms with van der Waals surface area (Å²) in [5.41, 5.74) is -1.75. The maximum absolute atomic E-state index is 12.3. The number of benzene rings is 1. The maximum Gasteiger partial charge on any atom is 0.349 e. The average molecular weight is 391 g/mol. The van der Waals surface area contributed by atoms with E-state index in [1.165, 1.54) is 6.07 Å². The number of aliphatic carboxylic acids is 1. The van der Waals surface area contributed by atoms with Crippen LogP contribution in [0.2, 0.25) is 0 Å². The Morgan fingerprint density at radius 1 is 1.29 bits per heavy atom. The van der Waals surface area contributed by atoms with E-state index in [2.05, 4.69) is 10.6 Å². The molecule has 11 nitrogen and oxygen atoms in total. The molecular weight excluding hydrogens is 374 g/mol. The minimum Gasteiger partial charge on any atom is -0.480 e. The lowest BCUT2D eigenvalue weighted by Crippen LogP contribution is -2.43. The van der Waals surface area contributed by atoms with Gasteiger partial charge in [-0.2, -0.15) is 0 Å². The fourth-order valence-electron chi connectivity index (χ4n) is 2.44. The first kappa shape index (κ1) is 20.6. The molecule has 0 aliphatic heterocycles. The first-order valence-corrected chi connectivity index (χ1v) is 8.25. The predicted octanol–water partition coefficient (Wildman–Crippen LogP) is 0.800. The number of carbonyl (C=O) groups excluding carboxylic acids is 2. The third kappa shape index (κ3) is 4.90. The van der Waals surface area contributed by atoms with Gasteiger partial charge in [-0.05, 0) is 25.5 Å². The number of hydrogen-bond acceptors (Lipinski definition) is 7. The summed E-state index contributed by atoms with van der Waals surface area (Å²) in [6.45, 7) is 2.09. The van der Waals surface area contributed by atoms with Crippen LogP contribution < -0.4 is 16.3 Å². The topological polar surface area (TPSA) is 169 Å². The van der Waals surface area contributed by atoms with Crippen molar-refractivity contribution in [1.29, 1.82) is 0 Å². The largest absolute Gasteiger partial charge is 0.480 e. The van der Waals surface area contributed by atoms with Gasteiger partial charge in [0.05, 0.1) is 4.92 Å². The standard InChI is InChI=1S/C17H17N3O8/c1-2-18-14(21)6-4-12(16(23)24)19-15(22)11-8-9-7-10(20(26)27)3-5-13(9)28-17(11)25/h3,5,7-8,12H,2,4,6H2,1H3,(H,18,21)(H,19,22)(H,23,24). The zero-order valence-corrected chi connectivity index (χ0v) is 14.8. The summed E-state index contributed by atoms with van der Waals surface area (Å²) < 4.78 is 4.97.